The predicted molar refractivity (Wildman–Crippen MR) is 135 cm³/mol. The van der Waals surface area contributed by atoms with E-state index in [1.54, 1.807) is 36.0 Å². The van der Waals surface area contributed by atoms with Gasteiger partial charge in [0.25, 0.3) is 11.5 Å². The van der Waals surface area contributed by atoms with Crippen LogP contribution in [0.2, 0.25) is 5.02 Å². The molecule has 1 aliphatic heterocycles. The summed E-state index contributed by atoms with van der Waals surface area (Å²) in [5, 5.41) is 3.51. The molecule has 0 bridgehead atoms. The predicted octanol–water partition coefficient (Wildman–Crippen LogP) is 3.92. The number of allylic oxidation sites excluding steroid dienone is 1. The van der Waals surface area contributed by atoms with E-state index in [4.69, 9.17) is 11.6 Å². The first-order chi connectivity index (χ1) is 16.5. The third kappa shape index (κ3) is 4.23. The average Bonchev–Trinajstić information content (AvgIpc) is 3.14. The Balaban J connectivity index is 1.68. The van der Waals surface area contributed by atoms with Crippen molar-refractivity contribution in [3.05, 3.63) is 126 Å². The van der Waals surface area contributed by atoms with Gasteiger partial charge in [0.2, 0.25) is 0 Å². The maximum absolute atomic E-state index is 13.6. The van der Waals surface area contributed by atoms with Gasteiger partial charge in [0.1, 0.15) is 0 Å². The summed E-state index contributed by atoms with van der Waals surface area (Å²) in [5.41, 5.74) is 3.06. The van der Waals surface area contributed by atoms with Crippen molar-refractivity contribution in [2.24, 2.45) is 4.99 Å². The molecule has 1 amide bonds. The van der Waals surface area contributed by atoms with E-state index < -0.39 is 6.04 Å². The van der Waals surface area contributed by atoms with Gasteiger partial charge in [-0.25, -0.2) is 4.99 Å². The summed E-state index contributed by atoms with van der Waals surface area (Å²) in [5.74, 6) is -0.309. The number of halogens is 1. The topological polar surface area (TPSA) is 76.3 Å². The second-order valence-electron chi connectivity index (χ2n) is 7.73. The van der Waals surface area contributed by atoms with Crippen molar-refractivity contribution >= 4 is 40.6 Å². The maximum Gasteiger partial charge on any atom is 0.271 e. The molecule has 3 heterocycles. The standard InChI is InChI=1S/C26H19ClN4O2S/c1-16-22(24(32)30-20-5-3-2-4-6-20)23(18-7-9-19(27)10-8-18)31-25(33)21(34-26(31)29-16)15-17-11-13-28-14-12-17/h2-15,23H,1H3,(H,30,32)/t23-/m1/s1. The van der Waals surface area contributed by atoms with Gasteiger partial charge in [0.05, 0.1) is 21.8 Å². The van der Waals surface area contributed by atoms with Crippen molar-refractivity contribution in [3.63, 3.8) is 0 Å². The zero-order chi connectivity index (χ0) is 23.7. The number of nitrogens with zero attached hydrogens (tertiary/aromatic N) is 3. The number of thiazole rings is 1. The zero-order valence-corrected chi connectivity index (χ0v) is 19.7. The second kappa shape index (κ2) is 9.21. The maximum atomic E-state index is 13.6. The number of hydrogen-bond donors (Lipinski definition) is 1. The van der Waals surface area contributed by atoms with Crippen LogP contribution in [0.4, 0.5) is 5.69 Å². The Morgan fingerprint density at radius 3 is 2.47 bits per heavy atom. The first-order valence-corrected chi connectivity index (χ1v) is 11.7. The number of fused-ring (bicyclic) bond motifs is 1. The molecule has 8 heteroatoms. The second-order valence-corrected chi connectivity index (χ2v) is 9.18. The lowest BCUT2D eigenvalue weighted by Crippen LogP contribution is -2.40. The van der Waals surface area contributed by atoms with Gasteiger partial charge in [-0.1, -0.05) is 53.3 Å². The molecule has 0 saturated heterocycles. The van der Waals surface area contributed by atoms with Crippen LogP contribution in [0, 0.1) is 0 Å². The minimum absolute atomic E-state index is 0.210. The number of anilines is 1. The number of carbonyl (C=O) groups excluding carboxylic acids is 1. The van der Waals surface area contributed by atoms with Crippen molar-refractivity contribution in [1.29, 1.82) is 0 Å². The number of amides is 1. The molecule has 0 fully saturated rings. The molecule has 0 spiro atoms. The van der Waals surface area contributed by atoms with Crippen LogP contribution in [-0.4, -0.2) is 15.5 Å². The van der Waals surface area contributed by atoms with Gasteiger partial charge in [-0.2, -0.15) is 0 Å². The molecule has 0 unspecified atom stereocenters. The molecule has 1 atom stereocenters. The van der Waals surface area contributed by atoms with Gasteiger partial charge in [0.15, 0.2) is 4.80 Å². The summed E-state index contributed by atoms with van der Waals surface area (Å²) in [7, 11) is 0. The molecule has 2 aromatic carbocycles. The van der Waals surface area contributed by atoms with Crippen LogP contribution in [0.25, 0.3) is 6.08 Å². The number of benzene rings is 2. The van der Waals surface area contributed by atoms with Crippen molar-refractivity contribution < 1.29 is 4.79 Å². The number of aromatic nitrogens is 2. The highest BCUT2D eigenvalue weighted by molar-refractivity contribution is 7.07. The Labute approximate surface area is 204 Å². The number of hydrogen-bond acceptors (Lipinski definition) is 5. The lowest BCUT2D eigenvalue weighted by molar-refractivity contribution is -0.113. The van der Waals surface area contributed by atoms with Gasteiger partial charge in [-0.15, -0.1) is 0 Å². The van der Waals surface area contributed by atoms with E-state index in [1.165, 1.54) is 11.3 Å². The molecular weight excluding hydrogens is 468 g/mol. The molecular formula is C26H19ClN4O2S. The van der Waals surface area contributed by atoms with Crippen LogP contribution in [0.3, 0.4) is 0 Å². The SMILES string of the molecule is CC1=C(C(=O)Nc2ccccc2)[C@@H](c2ccc(Cl)cc2)n2c(sc(=Cc3ccncc3)c2=O)=N1. The van der Waals surface area contributed by atoms with Crippen molar-refractivity contribution in [2.75, 3.05) is 5.32 Å². The van der Waals surface area contributed by atoms with Crippen LogP contribution in [0.1, 0.15) is 24.1 Å². The van der Waals surface area contributed by atoms with E-state index in [1.807, 2.05) is 60.7 Å². The molecule has 0 aliphatic carbocycles. The number of rotatable bonds is 4. The molecule has 2 aromatic heterocycles. The molecule has 1 aliphatic rings. The van der Waals surface area contributed by atoms with E-state index >= 15 is 0 Å². The molecule has 6 nitrogen and oxygen atoms in total. The molecule has 4 aromatic rings. The molecule has 5 rings (SSSR count). The Morgan fingerprint density at radius 1 is 1.06 bits per heavy atom. The van der Waals surface area contributed by atoms with Crippen LogP contribution >= 0.6 is 22.9 Å². The first-order valence-electron chi connectivity index (χ1n) is 10.6. The van der Waals surface area contributed by atoms with E-state index in [2.05, 4.69) is 15.3 Å². The first kappa shape index (κ1) is 22.0. The summed E-state index contributed by atoms with van der Waals surface area (Å²) >= 11 is 7.42. The number of carbonyl (C=O) groups is 1. The Morgan fingerprint density at radius 2 is 1.76 bits per heavy atom. The van der Waals surface area contributed by atoms with Crippen LogP contribution in [-0.2, 0) is 4.79 Å². The monoisotopic (exact) mass is 486 g/mol. The van der Waals surface area contributed by atoms with E-state index in [0.29, 0.717) is 31.3 Å². The van der Waals surface area contributed by atoms with Crippen LogP contribution in [0.5, 0.6) is 0 Å². The van der Waals surface area contributed by atoms with Gasteiger partial charge in [-0.3, -0.25) is 19.1 Å². The molecule has 0 saturated carbocycles. The van der Waals surface area contributed by atoms with E-state index in [-0.39, 0.29) is 11.5 Å². The fourth-order valence-corrected chi connectivity index (χ4v) is 5.08. The highest BCUT2D eigenvalue weighted by atomic mass is 35.5. The van der Waals surface area contributed by atoms with E-state index in [9.17, 15) is 9.59 Å². The smallest absolute Gasteiger partial charge is 0.271 e. The minimum Gasteiger partial charge on any atom is -0.322 e. The lowest BCUT2D eigenvalue weighted by Gasteiger charge is -2.25. The highest BCUT2D eigenvalue weighted by Crippen LogP contribution is 2.31. The number of pyridine rings is 1. The summed E-state index contributed by atoms with van der Waals surface area (Å²) in [6, 6.07) is 19.4. The summed E-state index contributed by atoms with van der Waals surface area (Å²) < 4.78 is 2.12. The van der Waals surface area contributed by atoms with Gasteiger partial charge < -0.3 is 5.32 Å². The van der Waals surface area contributed by atoms with Gasteiger partial charge >= 0.3 is 0 Å². The van der Waals surface area contributed by atoms with Crippen LogP contribution in [0.15, 0.2) is 100 Å². The Hall–Kier alpha value is -3.81. The minimum atomic E-state index is -0.642. The van der Waals surface area contributed by atoms with Gasteiger partial charge in [0, 0.05) is 23.1 Å². The lowest BCUT2D eigenvalue weighted by atomic mass is 9.95. The van der Waals surface area contributed by atoms with Crippen molar-refractivity contribution in [3.8, 4) is 0 Å². The van der Waals surface area contributed by atoms with Gasteiger partial charge in [-0.05, 0) is 60.5 Å². The summed E-state index contributed by atoms with van der Waals surface area (Å²) in [6.07, 6.45) is 5.17. The fourth-order valence-electron chi connectivity index (χ4n) is 3.90. The largest absolute Gasteiger partial charge is 0.322 e. The molecule has 168 valence electrons. The third-order valence-electron chi connectivity index (χ3n) is 5.49. The third-order valence-corrected chi connectivity index (χ3v) is 6.72. The fraction of sp³-hybridized carbons (Fsp3) is 0.0769. The molecule has 1 N–H and O–H groups in total. The number of nitrogens with one attached hydrogen (secondary N) is 1. The Bertz CT molecular complexity index is 1570. The quantitative estimate of drug-likeness (QED) is 0.475. The van der Waals surface area contributed by atoms with E-state index in [0.717, 1.165) is 11.1 Å². The Kier molecular flexibility index (Phi) is 5.96. The van der Waals surface area contributed by atoms with Crippen molar-refractivity contribution in [2.45, 2.75) is 13.0 Å². The zero-order valence-electron chi connectivity index (χ0n) is 18.1. The average molecular weight is 487 g/mol. The van der Waals surface area contributed by atoms with Crippen molar-refractivity contribution in [1.82, 2.24) is 9.55 Å². The summed E-state index contributed by atoms with van der Waals surface area (Å²) in [4.78, 5) is 36.3. The highest BCUT2D eigenvalue weighted by Gasteiger charge is 2.32. The number of para-hydroxylation sites is 1. The molecule has 0 radical (unpaired) electrons. The molecule has 34 heavy (non-hydrogen) atoms. The normalized spacial score (nSPS) is 15.6. The van der Waals surface area contributed by atoms with Crippen LogP contribution < -0.4 is 20.2 Å². The summed E-state index contributed by atoms with van der Waals surface area (Å²) in [6.45, 7) is 1.79.